The van der Waals surface area contributed by atoms with Gasteiger partial charge in [-0.05, 0) is 43.7 Å². The number of para-hydroxylation sites is 2. The van der Waals surface area contributed by atoms with Gasteiger partial charge in [-0.1, -0.05) is 54.1 Å². The average Bonchev–Trinajstić information content (AvgIpc) is 2.85. The number of carbonyl (C=O) groups excluding carboxylic acids is 1. The molecular weight excluding hydrogens is 414 g/mol. The molecule has 1 amide bonds. The molecule has 4 aromatic rings. The highest BCUT2D eigenvalue weighted by Gasteiger charge is 2.12. The number of methoxy groups -OCH3 is 1. The monoisotopic (exact) mass is 439 g/mol. The number of aryl methyl sites for hydroxylation is 1. The van der Waals surface area contributed by atoms with Crippen LogP contribution in [0.3, 0.4) is 0 Å². The van der Waals surface area contributed by atoms with Gasteiger partial charge in [0.05, 0.1) is 18.8 Å². The number of nitrogens with one attached hydrogen (secondary N) is 1. The maximum Gasteiger partial charge on any atom is 0.251 e. The van der Waals surface area contributed by atoms with Gasteiger partial charge >= 0.3 is 0 Å². The molecule has 0 saturated carbocycles. The van der Waals surface area contributed by atoms with Gasteiger partial charge in [0, 0.05) is 17.2 Å². The second kappa shape index (κ2) is 9.96. The van der Waals surface area contributed by atoms with Crippen LogP contribution in [0.5, 0.6) is 17.4 Å². The van der Waals surface area contributed by atoms with Crippen LogP contribution >= 0.6 is 0 Å². The number of carbonyl (C=O) groups is 1. The van der Waals surface area contributed by atoms with Crippen molar-refractivity contribution in [1.82, 2.24) is 15.3 Å². The largest absolute Gasteiger partial charge is 0.493 e. The Morgan fingerprint density at radius 2 is 1.61 bits per heavy atom. The van der Waals surface area contributed by atoms with Crippen molar-refractivity contribution >= 4 is 5.91 Å². The highest BCUT2D eigenvalue weighted by atomic mass is 16.5. The molecule has 1 aromatic heterocycles. The van der Waals surface area contributed by atoms with E-state index in [1.54, 1.807) is 25.3 Å². The molecule has 1 heterocycles. The van der Waals surface area contributed by atoms with Crippen LogP contribution in [0.15, 0.2) is 85.2 Å². The highest BCUT2D eigenvalue weighted by molar-refractivity contribution is 5.94. The van der Waals surface area contributed by atoms with Crippen molar-refractivity contribution in [2.45, 2.75) is 19.9 Å². The normalized spacial score (nSPS) is 11.5. The molecule has 0 aliphatic carbocycles. The van der Waals surface area contributed by atoms with E-state index in [0.717, 1.165) is 11.1 Å². The van der Waals surface area contributed by atoms with Gasteiger partial charge in [0.1, 0.15) is 6.33 Å². The molecule has 6 heteroatoms. The molecule has 166 valence electrons. The first-order valence-corrected chi connectivity index (χ1v) is 10.6. The zero-order chi connectivity index (χ0) is 23.2. The van der Waals surface area contributed by atoms with E-state index < -0.39 is 0 Å². The van der Waals surface area contributed by atoms with Gasteiger partial charge in [-0.3, -0.25) is 4.79 Å². The molecule has 4 rings (SSSR count). The van der Waals surface area contributed by atoms with E-state index in [-0.39, 0.29) is 11.9 Å². The zero-order valence-electron chi connectivity index (χ0n) is 18.8. The Morgan fingerprint density at radius 3 is 2.30 bits per heavy atom. The minimum absolute atomic E-state index is 0.0886. The third-order valence-corrected chi connectivity index (χ3v) is 5.29. The van der Waals surface area contributed by atoms with Crippen LogP contribution in [0.4, 0.5) is 0 Å². The molecule has 3 aromatic carbocycles. The molecule has 0 aliphatic heterocycles. The first-order valence-electron chi connectivity index (χ1n) is 10.6. The standard InChI is InChI=1S/C27H25N3O3/c1-18-8-10-20(11-9-18)19(2)30-27(31)22-14-12-21(13-15-22)23-16-26(29-17-28-23)33-25-7-5-4-6-24(25)32-3/h4-17,19H,1-3H3,(H,30,31)/t19-/m1/s1. The van der Waals surface area contributed by atoms with Crippen LogP contribution in [0.25, 0.3) is 11.3 Å². The third kappa shape index (κ3) is 5.36. The minimum atomic E-state index is -0.127. The molecule has 0 fully saturated rings. The number of amides is 1. The fourth-order valence-electron chi connectivity index (χ4n) is 3.38. The Bertz CT molecular complexity index is 1240. The molecule has 0 saturated heterocycles. The lowest BCUT2D eigenvalue weighted by molar-refractivity contribution is 0.0940. The summed E-state index contributed by atoms with van der Waals surface area (Å²) < 4.78 is 11.2. The molecule has 6 nitrogen and oxygen atoms in total. The number of aromatic nitrogens is 2. The maximum absolute atomic E-state index is 12.7. The van der Waals surface area contributed by atoms with E-state index >= 15 is 0 Å². The molecule has 0 aliphatic rings. The van der Waals surface area contributed by atoms with Gasteiger partial charge < -0.3 is 14.8 Å². The third-order valence-electron chi connectivity index (χ3n) is 5.29. The molecule has 1 N–H and O–H groups in total. The molecule has 33 heavy (non-hydrogen) atoms. The van der Waals surface area contributed by atoms with E-state index in [2.05, 4.69) is 15.3 Å². The number of nitrogens with zero attached hydrogens (tertiary/aromatic N) is 2. The van der Waals surface area contributed by atoms with Crippen molar-refractivity contribution in [3.05, 3.63) is 102 Å². The van der Waals surface area contributed by atoms with Crippen molar-refractivity contribution in [2.75, 3.05) is 7.11 Å². The average molecular weight is 440 g/mol. The zero-order valence-corrected chi connectivity index (χ0v) is 18.8. The van der Waals surface area contributed by atoms with Crippen molar-refractivity contribution in [3.63, 3.8) is 0 Å². The van der Waals surface area contributed by atoms with Gasteiger partial charge in [-0.15, -0.1) is 0 Å². The van der Waals surface area contributed by atoms with Crippen molar-refractivity contribution in [3.8, 4) is 28.6 Å². The van der Waals surface area contributed by atoms with Gasteiger partial charge in [0.25, 0.3) is 5.91 Å². The number of hydrogen-bond donors (Lipinski definition) is 1. The SMILES string of the molecule is COc1ccccc1Oc1cc(-c2ccc(C(=O)N[C@H](C)c3ccc(C)cc3)cc2)ncn1. The van der Waals surface area contributed by atoms with E-state index in [9.17, 15) is 4.79 Å². The molecule has 1 atom stereocenters. The summed E-state index contributed by atoms with van der Waals surface area (Å²) in [5.74, 6) is 1.46. The van der Waals surface area contributed by atoms with Crippen LogP contribution in [-0.2, 0) is 0 Å². The second-order valence-electron chi connectivity index (χ2n) is 7.68. The van der Waals surface area contributed by atoms with E-state index in [1.807, 2.05) is 74.5 Å². The van der Waals surface area contributed by atoms with Crippen molar-refractivity contribution in [1.29, 1.82) is 0 Å². The molecule has 0 radical (unpaired) electrons. The quantitative estimate of drug-likeness (QED) is 0.397. The lowest BCUT2D eigenvalue weighted by Crippen LogP contribution is -2.26. The molecular formula is C27H25N3O3. The Hall–Kier alpha value is -4.19. The fraction of sp³-hybridized carbons (Fsp3) is 0.148. The van der Waals surface area contributed by atoms with Crippen LogP contribution in [-0.4, -0.2) is 23.0 Å². The summed E-state index contributed by atoms with van der Waals surface area (Å²) in [5, 5.41) is 3.04. The van der Waals surface area contributed by atoms with Crippen molar-refractivity contribution < 1.29 is 14.3 Å². The van der Waals surface area contributed by atoms with Crippen LogP contribution < -0.4 is 14.8 Å². The predicted molar refractivity (Wildman–Crippen MR) is 128 cm³/mol. The maximum atomic E-state index is 12.7. The van der Waals surface area contributed by atoms with E-state index in [0.29, 0.717) is 28.6 Å². The number of ether oxygens (including phenoxy) is 2. The smallest absolute Gasteiger partial charge is 0.251 e. The second-order valence-corrected chi connectivity index (χ2v) is 7.68. The van der Waals surface area contributed by atoms with Crippen molar-refractivity contribution in [2.24, 2.45) is 0 Å². The first-order chi connectivity index (χ1) is 16.0. The first kappa shape index (κ1) is 22.0. The highest BCUT2D eigenvalue weighted by Crippen LogP contribution is 2.31. The summed E-state index contributed by atoms with van der Waals surface area (Å²) in [6.45, 7) is 4.01. The topological polar surface area (TPSA) is 73.3 Å². The van der Waals surface area contributed by atoms with Gasteiger partial charge in [0.15, 0.2) is 11.5 Å². The fourth-order valence-corrected chi connectivity index (χ4v) is 3.38. The van der Waals surface area contributed by atoms with Crippen LogP contribution in [0.2, 0.25) is 0 Å². The Morgan fingerprint density at radius 1 is 0.909 bits per heavy atom. The summed E-state index contributed by atoms with van der Waals surface area (Å²) >= 11 is 0. The summed E-state index contributed by atoms with van der Waals surface area (Å²) in [7, 11) is 1.59. The number of benzene rings is 3. The lowest BCUT2D eigenvalue weighted by Gasteiger charge is -2.15. The Labute approximate surface area is 193 Å². The molecule has 0 unspecified atom stereocenters. The van der Waals surface area contributed by atoms with Crippen LogP contribution in [0.1, 0.15) is 34.5 Å². The van der Waals surface area contributed by atoms with Gasteiger partial charge in [0.2, 0.25) is 5.88 Å². The summed E-state index contributed by atoms with van der Waals surface area (Å²) in [6, 6.07) is 24.5. The van der Waals surface area contributed by atoms with Gasteiger partial charge in [-0.25, -0.2) is 9.97 Å². The van der Waals surface area contributed by atoms with E-state index in [1.165, 1.54) is 11.9 Å². The van der Waals surface area contributed by atoms with Crippen LogP contribution in [0, 0.1) is 6.92 Å². The number of rotatable bonds is 7. The summed E-state index contributed by atoms with van der Waals surface area (Å²) in [6.07, 6.45) is 1.45. The minimum Gasteiger partial charge on any atom is -0.493 e. The lowest BCUT2D eigenvalue weighted by atomic mass is 10.1. The summed E-state index contributed by atoms with van der Waals surface area (Å²) in [4.78, 5) is 21.2. The predicted octanol–water partition coefficient (Wildman–Crippen LogP) is 5.74. The Balaban J connectivity index is 1.46. The molecule has 0 spiro atoms. The molecule has 0 bridgehead atoms. The van der Waals surface area contributed by atoms with E-state index in [4.69, 9.17) is 9.47 Å². The number of hydrogen-bond acceptors (Lipinski definition) is 5. The van der Waals surface area contributed by atoms with Gasteiger partial charge in [-0.2, -0.15) is 0 Å². The Kier molecular flexibility index (Phi) is 6.64. The summed E-state index contributed by atoms with van der Waals surface area (Å²) in [5.41, 5.74) is 4.38.